The maximum absolute atomic E-state index is 4.81. The summed E-state index contributed by atoms with van der Waals surface area (Å²) in [5.41, 5.74) is 0. The first-order chi connectivity index (χ1) is 3.30. The molecule has 7 heavy (non-hydrogen) atoms. The minimum Gasteiger partial charge on any atom is -0.316 e. The van der Waals surface area contributed by atoms with E-state index in [2.05, 4.69) is 4.37 Å². The molecule has 0 aliphatic heterocycles. The molecule has 1 rings (SSSR count). The fourth-order valence-corrected chi connectivity index (χ4v) is 0.882. The Hall–Kier alpha value is -0.220. The average Bonchev–Trinajstić information content (AvgIpc) is 1.91. The monoisotopic (exact) mass is 132 g/mol. The van der Waals surface area contributed by atoms with E-state index in [1.54, 1.807) is 10.9 Å². The Morgan fingerprint density at radius 3 is 2.86 bits per heavy atom. The van der Waals surface area contributed by atoms with E-state index in [1.807, 2.05) is 7.05 Å². The third-order valence-electron chi connectivity index (χ3n) is 0.639. The van der Waals surface area contributed by atoms with Crippen molar-refractivity contribution < 1.29 is 0 Å². The molecule has 0 aliphatic rings. The Morgan fingerprint density at radius 2 is 2.71 bits per heavy atom. The molecule has 0 N–H and O–H groups in total. The minimum absolute atomic E-state index is 0.819. The van der Waals surface area contributed by atoms with Crippen molar-refractivity contribution in [2.75, 3.05) is 0 Å². The SMILES string of the molecule is Cn1cnsc1=S. The third kappa shape index (κ3) is 0.863. The zero-order valence-electron chi connectivity index (χ0n) is 3.79. The first-order valence-electron chi connectivity index (χ1n) is 1.78. The van der Waals surface area contributed by atoms with E-state index < -0.39 is 0 Å². The van der Waals surface area contributed by atoms with Gasteiger partial charge in [0, 0.05) is 7.05 Å². The number of hydrogen-bond donors (Lipinski definition) is 0. The molecule has 0 saturated carbocycles. The molecule has 0 unspecified atom stereocenters. The number of nitrogens with zero attached hydrogens (tertiary/aromatic N) is 2. The summed E-state index contributed by atoms with van der Waals surface area (Å²) >= 11 is 6.14. The van der Waals surface area contributed by atoms with Crippen molar-refractivity contribution in [2.24, 2.45) is 7.05 Å². The third-order valence-corrected chi connectivity index (χ3v) is 1.79. The van der Waals surface area contributed by atoms with Gasteiger partial charge in [-0.05, 0) is 23.8 Å². The van der Waals surface area contributed by atoms with Gasteiger partial charge in [0.1, 0.15) is 6.33 Å². The summed E-state index contributed by atoms with van der Waals surface area (Å²) in [4.78, 5) is 0. The zero-order chi connectivity index (χ0) is 5.28. The standard InChI is InChI=1S/C3H4N2S2/c1-5-2-4-7-3(5)6/h2H,1H3. The van der Waals surface area contributed by atoms with Gasteiger partial charge in [-0.3, -0.25) is 0 Å². The van der Waals surface area contributed by atoms with Crippen molar-refractivity contribution in [2.45, 2.75) is 0 Å². The van der Waals surface area contributed by atoms with E-state index in [0.717, 1.165) is 3.95 Å². The van der Waals surface area contributed by atoms with Gasteiger partial charge < -0.3 is 4.57 Å². The number of aromatic nitrogens is 2. The van der Waals surface area contributed by atoms with Crippen LogP contribution in [0.25, 0.3) is 0 Å². The Bertz CT molecular complexity index is 199. The lowest BCUT2D eigenvalue weighted by Crippen LogP contribution is -1.79. The van der Waals surface area contributed by atoms with Crippen LogP contribution in [0.15, 0.2) is 6.33 Å². The Balaban J connectivity index is 3.39. The molecule has 0 spiro atoms. The van der Waals surface area contributed by atoms with E-state index >= 15 is 0 Å². The van der Waals surface area contributed by atoms with E-state index in [1.165, 1.54) is 11.5 Å². The van der Waals surface area contributed by atoms with Gasteiger partial charge in [-0.1, -0.05) is 0 Å². The highest BCUT2D eigenvalue weighted by Crippen LogP contribution is 1.92. The Kier molecular flexibility index (Phi) is 1.21. The molecule has 0 radical (unpaired) electrons. The lowest BCUT2D eigenvalue weighted by Gasteiger charge is -1.77. The first kappa shape index (κ1) is 4.93. The van der Waals surface area contributed by atoms with Crippen LogP contribution in [0, 0.1) is 3.95 Å². The second kappa shape index (κ2) is 1.71. The van der Waals surface area contributed by atoms with Crippen LogP contribution in [-0.4, -0.2) is 8.94 Å². The molecule has 0 aliphatic carbocycles. The minimum atomic E-state index is 0.819. The van der Waals surface area contributed by atoms with Crippen LogP contribution >= 0.6 is 23.8 Å². The highest BCUT2D eigenvalue weighted by molar-refractivity contribution is 7.73. The molecule has 1 aromatic rings. The van der Waals surface area contributed by atoms with Crippen LogP contribution in [0.2, 0.25) is 0 Å². The van der Waals surface area contributed by atoms with Crippen LogP contribution in [0.4, 0.5) is 0 Å². The molecular formula is C3H4N2S2. The van der Waals surface area contributed by atoms with Crippen LogP contribution < -0.4 is 0 Å². The van der Waals surface area contributed by atoms with E-state index in [0.29, 0.717) is 0 Å². The van der Waals surface area contributed by atoms with Crippen molar-refractivity contribution in [3.8, 4) is 0 Å². The van der Waals surface area contributed by atoms with Crippen molar-refractivity contribution in [3.05, 3.63) is 10.3 Å². The van der Waals surface area contributed by atoms with Crippen molar-refractivity contribution in [1.29, 1.82) is 0 Å². The molecular weight excluding hydrogens is 128 g/mol. The molecule has 0 saturated heterocycles. The van der Waals surface area contributed by atoms with Crippen molar-refractivity contribution >= 4 is 23.8 Å². The number of hydrogen-bond acceptors (Lipinski definition) is 3. The zero-order valence-corrected chi connectivity index (χ0v) is 5.42. The van der Waals surface area contributed by atoms with Crippen LogP contribution in [-0.2, 0) is 7.05 Å². The molecule has 4 heteroatoms. The number of rotatable bonds is 0. The van der Waals surface area contributed by atoms with Crippen molar-refractivity contribution in [1.82, 2.24) is 8.94 Å². The molecule has 0 amide bonds. The summed E-state index contributed by atoms with van der Waals surface area (Å²) in [5.74, 6) is 0. The van der Waals surface area contributed by atoms with Gasteiger partial charge >= 0.3 is 0 Å². The summed E-state index contributed by atoms with van der Waals surface area (Å²) in [6, 6.07) is 0. The van der Waals surface area contributed by atoms with Crippen molar-refractivity contribution in [3.63, 3.8) is 0 Å². The summed E-state index contributed by atoms with van der Waals surface area (Å²) < 4.78 is 6.45. The van der Waals surface area contributed by atoms with Gasteiger partial charge in [0.25, 0.3) is 0 Å². The van der Waals surface area contributed by atoms with Crippen LogP contribution in [0.5, 0.6) is 0 Å². The quantitative estimate of drug-likeness (QED) is 0.494. The van der Waals surface area contributed by atoms with E-state index in [-0.39, 0.29) is 0 Å². The fraction of sp³-hybridized carbons (Fsp3) is 0.333. The average molecular weight is 132 g/mol. The normalized spacial score (nSPS) is 9.29. The highest BCUT2D eigenvalue weighted by atomic mass is 32.2. The maximum Gasteiger partial charge on any atom is 0.180 e. The second-order valence-electron chi connectivity index (χ2n) is 1.19. The van der Waals surface area contributed by atoms with Gasteiger partial charge in [0.05, 0.1) is 0 Å². The molecule has 0 atom stereocenters. The smallest absolute Gasteiger partial charge is 0.180 e. The highest BCUT2D eigenvalue weighted by Gasteiger charge is 1.80. The summed E-state index contributed by atoms with van der Waals surface area (Å²) in [6.07, 6.45) is 1.70. The van der Waals surface area contributed by atoms with Gasteiger partial charge in [-0.2, -0.15) is 4.37 Å². The Morgan fingerprint density at radius 1 is 2.00 bits per heavy atom. The maximum atomic E-state index is 4.81. The summed E-state index contributed by atoms with van der Waals surface area (Å²) in [7, 11) is 1.88. The summed E-state index contributed by atoms with van der Waals surface area (Å²) in [6.45, 7) is 0. The molecule has 0 aromatic carbocycles. The lowest BCUT2D eigenvalue weighted by molar-refractivity contribution is 0.902. The fourth-order valence-electron chi connectivity index (χ4n) is 0.251. The second-order valence-corrected chi connectivity index (χ2v) is 2.61. The van der Waals surface area contributed by atoms with Gasteiger partial charge in [-0.25, -0.2) is 0 Å². The largest absolute Gasteiger partial charge is 0.316 e. The predicted octanol–water partition coefficient (Wildman–Crippen LogP) is 1.21. The van der Waals surface area contributed by atoms with Gasteiger partial charge in [0.2, 0.25) is 0 Å². The molecule has 1 heterocycles. The molecule has 1 aromatic heterocycles. The van der Waals surface area contributed by atoms with Gasteiger partial charge in [-0.15, -0.1) is 0 Å². The lowest BCUT2D eigenvalue weighted by atomic mass is 11.1. The summed E-state index contributed by atoms with van der Waals surface area (Å²) in [5, 5.41) is 0. The molecule has 0 bridgehead atoms. The molecule has 2 nitrogen and oxygen atoms in total. The first-order valence-corrected chi connectivity index (χ1v) is 2.96. The number of aryl methyl sites for hydroxylation is 1. The topological polar surface area (TPSA) is 17.8 Å². The van der Waals surface area contributed by atoms with Crippen LogP contribution in [0.1, 0.15) is 0 Å². The van der Waals surface area contributed by atoms with E-state index in [9.17, 15) is 0 Å². The Labute approximate surface area is 50.6 Å². The van der Waals surface area contributed by atoms with Crippen LogP contribution in [0.3, 0.4) is 0 Å². The van der Waals surface area contributed by atoms with Gasteiger partial charge in [0.15, 0.2) is 3.95 Å². The van der Waals surface area contributed by atoms with E-state index in [4.69, 9.17) is 12.2 Å². The molecule has 0 fully saturated rings. The molecule has 38 valence electrons. The predicted molar refractivity (Wildman–Crippen MR) is 31.9 cm³/mol.